The summed E-state index contributed by atoms with van der Waals surface area (Å²) in [6, 6.07) is 29.3. The fourth-order valence-corrected chi connectivity index (χ4v) is 7.45. The Morgan fingerprint density at radius 2 is 1.09 bits per heavy atom. The van der Waals surface area contributed by atoms with Crippen LogP contribution in [0.4, 0.5) is 16.2 Å². The van der Waals surface area contributed by atoms with Crippen LogP contribution in [0, 0.1) is 11.8 Å². The number of para-hydroxylation sites is 1. The van der Waals surface area contributed by atoms with Crippen molar-refractivity contribution in [3.8, 4) is 0 Å². The number of hydrogen-bond donors (Lipinski definition) is 2. The number of amides is 2. The molecule has 7 rings (SSSR count). The van der Waals surface area contributed by atoms with E-state index in [9.17, 15) is 4.79 Å². The molecule has 3 heteroatoms. The van der Waals surface area contributed by atoms with Crippen LogP contribution in [0.1, 0.15) is 49.7 Å². The highest BCUT2D eigenvalue weighted by molar-refractivity contribution is 5.99. The van der Waals surface area contributed by atoms with Gasteiger partial charge in [-0.3, -0.25) is 0 Å². The number of benzene rings is 3. The largest absolute Gasteiger partial charge is 0.323 e. The van der Waals surface area contributed by atoms with Crippen LogP contribution in [-0.4, -0.2) is 6.03 Å². The lowest BCUT2D eigenvalue weighted by molar-refractivity contribution is -0.0281. The number of anilines is 2. The van der Waals surface area contributed by atoms with Gasteiger partial charge in [0.05, 0.1) is 0 Å². The van der Waals surface area contributed by atoms with Gasteiger partial charge in [-0.2, -0.15) is 0 Å². The first-order valence-electron chi connectivity index (χ1n) is 11.9. The number of carbonyl (C=O) groups excluding carboxylic acids is 1. The fraction of sp³-hybridized carbons (Fsp3) is 0.345. The molecule has 0 saturated heterocycles. The number of nitrogens with one attached hydrogen (secondary N) is 2. The second kappa shape index (κ2) is 7.51. The minimum atomic E-state index is -0.207. The summed E-state index contributed by atoms with van der Waals surface area (Å²) in [5, 5.41) is 5.86. The predicted molar refractivity (Wildman–Crippen MR) is 130 cm³/mol. The lowest BCUT2D eigenvalue weighted by Crippen LogP contribution is -2.55. The van der Waals surface area contributed by atoms with Crippen molar-refractivity contribution in [1.82, 2.24) is 0 Å². The van der Waals surface area contributed by atoms with E-state index < -0.39 is 0 Å². The van der Waals surface area contributed by atoms with Crippen molar-refractivity contribution in [1.29, 1.82) is 0 Å². The van der Waals surface area contributed by atoms with Gasteiger partial charge in [-0.1, -0.05) is 60.7 Å². The Bertz CT molecular complexity index is 1090. The van der Waals surface area contributed by atoms with Gasteiger partial charge in [-0.15, -0.1) is 0 Å². The second-order valence-corrected chi connectivity index (χ2v) is 10.4. The Morgan fingerprint density at radius 1 is 0.625 bits per heavy atom. The molecule has 0 aliphatic heterocycles. The van der Waals surface area contributed by atoms with Crippen molar-refractivity contribution in [3.63, 3.8) is 0 Å². The van der Waals surface area contributed by atoms with Crippen LogP contribution in [0.5, 0.6) is 0 Å². The maximum absolute atomic E-state index is 12.4. The summed E-state index contributed by atoms with van der Waals surface area (Å²) in [6.07, 6.45) is 8.02. The minimum Gasteiger partial charge on any atom is -0.308 e. The van der Waals surface area contributed by atoms with E-state index in [1.54, 1.807) is 5.56 Å². The zero-order chi connectivity index (χ0) is 21.6. The van der Waals surface area contributed by atoms with Crippen LogP contribution in [0.2, 0.25) is 0 Å². The summed E-state index contributed by atoms with van der Waals surface area (Å²) in [5.41, 5.74) is 5.27. The summed E-state index contributed by atoms with van der Waals surface area (Å²) in [6.45, 7) is 0. The van der Waals surface area contributed by atoms with Crippen LogP contribution < -0.4 is 10.6 Å². The monoisotopic (exact) mass is 422 g/mol. The molecule has 32 heavy (non-hydrogen) atoms. The second-order valence-electron chi connectivity index (χ2n) is 10.4. The molecule has 0 aromatic heterocycles. The lowest BCUT2D eigenvalue weighted by Gasteiger charge is -2.62. The highest BCUT2D eigenvalue weighted by Gasteiger charge is 2.58. The summed E-state index contributed by atoms with van der Waals surface area (Å²) in [5.74, 6) is 1.68. The summed E-state index contributed by atoms with van der Waals surface area (Å²) in [4.78, 5) is 12.4. The third-order valence-corrected chi connectivity index (χ3v) is 8.23. The van der Waals surface area contributed by atoms with E-state index in [-0.39, 0.29) is 11.4 Å². The SMILES string of the molecule is O=C(Nc1ccccc1)Nc1ccc(C23C[C@@H]4C[C@H](CC(c5ccccc5)(C4)C2)C3)cc1. The standard InChI is InChI=1S/C29H30N2O/c32-27(30-25-9-5-2-6-10-25)31-26-13-11-24(12-14-26)29-18-21-15-22(19-29)17-28(16-21,20-29)23-7-3-1-4-8-23/h1-14,21-22H,15-20H2,(H2,30,31,32)/t21-,22-,28?,29?/m1/s1. The average molecular weight is 423 g/mol. The first-order chi connectivity index (χ1) is 15.6. The summed E-state index contributed by atoms with van der Waals surface area (Å²) in [7, 11) is 0. The molecule has 0 radical (unpaired) electrons. The van der Waals surface area contributed by atoms with Gasteiger partial charge in [0.1, 0.15) is 0 Å². The number of urea groups is 1. The molecule has 4 saturated carbocycles. The molecule has 162 valence electrons. The zero-order valence-electron chi connectivity index (χ0n) is 18.4. The highest BCUT2D eigenvalue weighted by atomic mass is 16.2. The van der Waals surface area contributed by atoms with Gasteiger partial charge in [0.15, 0.2) is 0 Å². The molecule has 0 unspecified atom stereocenters. The normalized spacial score (nSPS) is 30.1. The average Bonchev–Trinajstić information content (AvgIpc) is 2.80. The Hall–Kier alpha value is -3.07. The smallest absolute Gasteiger partial charge is 0.308 e. The van der Waals surface area contributed by atoms with E-state index in [1.807, 2.05) is 30.3 Å². The van der Waals surface area contributed by atoms with Gasteiger partial charge in [0.25, 0.3) is 0 Å². The molecule has 2 atom stereocenters. The van der Waals surface area contributed by atoms with Crippen molar-refractivity contribution >= 4 is 17.4 Å². The molecule has 2 amide bonds. The van der Waals surface area contributed by atoms with Gasteiger partial charge in [0, 0.05) is 11.4 Å². The van der Waals surface area contributed by atoms with Crippen molar-refractivity contribution in [3.05, 3.63) is 96.1 Å². The topological polar surface area (TPSA) is 41.1 Å². The van der Waals surface area contributed by atoms with Crippen LogP contribution in [0.25, 0.3) is 0 Å². The third kappa shape index (κ3) is 3.40. The van der Waals surface area contributed by atoms with Gasteiger partial charge >= 0.3 is 6.03 Å². The molecule has 2 N–H and O–H groups in total. The van der Waals surface area contributed by atoms with E-state index in [0.29, 0.717) is 5.41 Å². The minimum absolute atomic E-state index is 0.207. The maximum Gasteiger partial charge on any atom is 0.323 e. The van der Waals surface area contributed by atoms with Gasteiger partial charge in [0.2, 0.25) is 0 Å². The molecular formula is C29H30N2O. The quantitative estimate of drug-likeness (QED) is 0.462. The summed E-state index contributed by atoms with van der Waals surface area (Å²) < 4.78 is 0. The van der Waals surface area contributed by atoms with Gasteiger partial charge in [-0.05, 0) is 96.6 Å². The van der Waals surface area contributed by atoms with Crippen molar-refractivity contribution < 1.29 is 4.79 Å². The van der Waals surface area contributed by atoms with Gasteiger partial charge < -0.3 is 10.6 Å². The first-order valence-corrected chi connectivity index (χ1v) is 11.9. The molecule has 4 aliphatic rings. The van der Waals surface area contributed by atoms with Crippen LogP contribution >= 0.6 is 0 Å². The Labute approximate surface area is 190 Å². The molecule has 3 nitrogen and oxygen atoms in total. The number of rotatable bonds is 4. The van der Waals surface area contributed by atoms with Crippen LogP contribution in [-0.2, 0) is 10.8 Å². The van der Waals surface area contributed by atoms with Crippen molar-refractivity contribution in [2.45, 2.75) is 49.4 Å². The maximum atomic E-state index is 12.4. The molecule has 0 heterocycles. The highest BCUT2D eigenvalue weighted by Crippen LogP contribution is 2.66. The number of carbonyl (C=O) groups is 1. The van der Waals surface area contributed by atoms with Crippen LogP contribution in [0.15, 0.2) is 84.9 Å². The van der Waals surface area contributed by atoms with E-state index in [1.165, 1.54) is 44.1 Å². The van der Waals surface area contributed by atoms with Gasteiger partial charge in [-0.25, -0.2) is 4.79 Å². The molecule has 3 aromatic rings. The predicted octanol–water partition coefficient (Wildman–Crippen LogP) is 7.12. The Kier molecular flexibility index (Phi) is 4.60. The molecule has 4 aliphatic carbocycles. The lowest BCUT2D eigenvalue weighted by atomic mass is 9.42. The van der Waals surface area contributed by atoms with Crippen molar-refractivity contribution in [2.75, 3.05) is 10.6 Å². The van der Waals surface area contributed by atoms with Crippen LogP contribution in [0.3, 0.4) is 0 Å². The Balaban J connectivity index is 1.23. The van der Waals surface area contributed by atoms with E-state index in [2.05, 4.69) is 65.2 Å². The zero-order valence-corrected chi connectivity index (χ0v) is 18.4. The molecule has 0 spiro atoms. The van der Waals surface area contributed by atoms with E-state index in [0.717, 1.165) is 23.2 Å². The fourth-order valence-electron chi connectivity index (χ4n) is 7.45. The molecular weight excluding hydrogens is 392 g/mol. The molecule has 3 aromatic carbocycles. The summed E-state index contributed by atoms with van der Waals surface area (Å²) >= 11 is 0. The van der Waals surface area contributed by atoms with Crippen molar-refractivity contribution in [2.24, 2.45) is 11.8 Å². The molecule has 4 bridgehead atoms. The van der Waals surface area contributed by atoms with E-state index in [4.69, 9.17) is 0 Å². The first kappa shape index (κ1) is 19.6. The third-order valence-electron chi connectivity index (χ3n) is 8.23. The molecule has 4 fully saturated rings. The number of hydrogen-bond acceptors (Lipinski definition) is 1. The van der Waals surface area contributed by atoms with E-state index >= 15 is 0 Å². The Morgan fingerprint density at radius 3 is 1.66 bits per heavy atom.